The Hall–Kier alpha value is -0.930. The predicted molar refractivity (Wildman–Crippen MR) is 65.9 cm³/mol. The largest absolute Gasteiger partial charge is 0.508 e. The van der Waals surface area contributed by atoms with E-state index in [1.807, 2.05) is 0 Å². The standard InChI is InChI=1S/C12H17NO2.ClH/c13-12(8-3-1-2-4-8)9-5-10(14)7-11(15)6-9;/h5-8,12,14-15H,1-4,13H2;1H/t12-;/m0./s1. The Labute approximate surface area is 102 Å². The van der Waals surface area contributed by atoms with Crippen LogP contribution in [0.1, 0.15) is 37.3 Å². The van der Waals surface area contributed by atoms with E-state index in [0.29, 0.717) is 5.92 Å². The Morgan fingerprint density at radius 1 is 1.06 bits per heavy atom. The molecule has 0 amide bonds. The zero-order chi connectivity index (χ0) is 10.8. The topological polar surface area (TPSA) is 66.5 Å². The van der Waals surface area contributed by atoms with Crippen molar-refractivity contribution in [2.45, 2.75) is 31.7 Å². The summed E-state index contributed by atoms with van der Waals surface area (Å²) < 4.78 is 0. The van der Waals surface area contributed by atoms with E-state index in [9.17, 15) is 10.2 Å². The molecule has 0 saturated heterocycles. The van der Waals surface area contributed by atoms with Gasteiger partial charge in [0.2, 0.25) is 0 Å². The number of hydrogen-bond donors (Lipinski definition) is 3. The molecule has 1 aromatic rings. The molecule has 4 N–H and O–H groups in total. The van der Waals surface area contributed by atoms with Crippen molar-refractivity contribution >= 4 is 12.4 Å². The molecule has 0 aliphatic heterocycles. The maximum Gasteiger partial charge on any atom is 0.119 e. The molecule has 0 heterocycles. The van der Waals surface area contributed by atoms with Gasteiger partial charge in [0.15, 0.2) is 0 Å². The summed E-state index contributed by atoms with van der Waals surface area (Å²) in [4.78, 5) is 0. The highest BCUT2D eigenvalue weighted by Gasteiger charge is 2.23. The highest BCUT2D eigenvalue weighted by molar-refractivity contribution is 5.85. The molecule has 90 valence electrons. The number of benzene rings is 1. The van der Waals surface area contributed by atoms with Gasteiger partial charge in [-0.15, -0.1) is 12.4 Å². The molecular formula is C12H18ClNO2. The summed E-state index contributed by atoms with van der Waals surface area (Å²) in [6.45, 7) is 0. The van der Waals surface area contributed by atoms with Crippen molar-refractivity contribution in [3.8, 4) is 11.5 Å². The van der Waals surface area contributed by atoms with E-state index in [4.69, 9.17) is 5.73 Å². The second-order valence-electron chi connectivity index (χ2n) is 4.35. The number of aromatic hydroxyl groups is 2. The lowest BCUT2D eigenvalue weighted by Crippen LogP contribution is -2.18. The smallest absolute Gasteiger partial charge is 0.119 e. The first-order valence-corrected chi connectivity index (χ1v) is 5.45. The van der Waals surface area contributed by atoms with Crippen molar-refractivity contribution in [2.75, 3.05) is 0 Å². The first-order valence-electron chi connectivity index (χ1n) is 5.45. The maximum atomic E-state index is 9.37. The number of phenols is 2. The highest BCUT2D eigenvalue weighted by atomic mass is 35.5. The summed E-state index contributed by atoms with van der Waals surface area (Å²) in [5.74, 6) is 0.656. The van der Waals surface area contributed by atoms with Crippen LogP contribution in [0.3, 0.4) is 0 Å². The van der Waals surface area contributed by atoms with Gasteiger partial charge >= 0.3 is 0 Å². The number of halogens is 1. The van der Waals surface area contributed by atoms with Gasteiger partial charge in [-0.2, -0.15) is 0 Å². The molecule has 1 saturated carbocycles. The van der Waals surface area contributed by atoms with Crippen LogP contribution in [-0.2, 0) is 0 Å². The van der Waals surface area contributed by atoms with Gasteiger partial charge < -0.3 is 15.9 Å². The minimum absolute atomic E-state index is 0. The average Bonchev–Trinajstić information content (AvgIpc) is 2.67. The average molecular weight is 244 g/mol. The van der Waals surface area contributed by atoms with Gasteiger partial charge in [-0.1, -0.05) is 12.8 Å². The molecule has 1 fully saturated rings. The molecule has 0 aromatic heterocycles. The SMILES string of the molecule is Cl.N[C@H](c1cc(O)cc(O)c1)C1CCCC1. The normalized spacial score (nSPS) is 18.1. The summed E-state index contributed by atoms with van der Waals surface area (Å²) in [7, 11) is 0. The fourth-order valence-electron chi connectivity index (χ4n) is 2.40. The van der Waals surface area contributed by atoms with Crippen molar-refractivity contribution < 1.29 is 10.2 Å². The number of rotatable bonds is 2. The first kappa shape index (κ1) is 13.1. The van der Waals surface area contributed by atoms with E-state index < -0.39 is 0 Å². The van der Waals surface area contributed by atoms with Gasteiger partial charge in [0.05, 0.1) is 0 Å². The lowest BCUT2D eigenvalue weighted by Gasteiger charge is -2.19. The Balaban J connectivity index is 0.00000128. The lowest BCUT2D eigenvalue weighted by molar-refractivity contribution is 0.427. The summed E-state index contributed by atoms with van der Waals surface area (Å²) in [6, 6.07) is 4.54. The lowest BCUT2D eigenvalue weighted by atomic mass is 9.92. The van der Waals surface area contributed by atoms with Crippen molar-refractivity contribution in [3.05, 3.63) is 23.8 Å². The molecule has 4 heteroatoms. The molecule has 0 spiro atoms. The molecule has 3 nitrogen and oxygen atoms in total. The number of hydrogen-bond acceptors (Lipinski definition) is 3. The van der Waals surface area contributed by atoms with Crippen LogP contribution in [0, 0.1) is 5.92 Å². The molecule has 1 aromatic carbocycles. The van der Waals surface area contributed by atoms with Crippen LogP contribution in [-0.4, -0.2) is 10.2 Å². The van der Waals surface area contributed by atoms with E-state index in [0.717, 1.165) is 18.4 Å². The maximum absolute atomic E-state index is 9.37. The summed E-state index contributed by atoms with van der Waals surface area (Å²) in [5, 5.41) is 18.7. The van der Waals surface area contributed by atoms with Gasteiger partial charge in [0.1, 0.15) is 11.5 Å². The summed E-state index contributed by atoms with van der Waals surface area (Å²) in [5.41, 5.74) is 6.95. The zero-order valence-electron chi connectivity index (χ0n) is 9.10. The van der Waals surface area contributed by atoms with E-state index in [2.05, 4.69) is 0 Å². The van der Waals surface area contributed by atoms with E-state index in [1.54, 1.807) is 12.1 Å². The Morgan fingerprint density at radius 2 is 1.56 bits per heavy atom. The fourth-order valence-corrected chi connectivity index (χ4v) is 2.40. The van der Waals surface area contributed by atoms with Gasteiger partial charge in [-0.3, -0.25) is 0 Å². The second kappa shape index (κ2) is 5.41. The second-order valence-corrected chi connectivity index (χ2v) is 4.35. The van der Waals surface area contributed by atoms with Crippen LogP contribution in [0.15, 0.2) is 18.2 Å². The van der Waals surface area contributed by atoms with Crippen molar-refractivity contribution in [2.24, 2.45) is 11.7 Å². The minimum atomic E-state index is -0.0644. The van der Waals surface area contributed by atoms with E-state index >= 15 is 0 Å². The van der Waals surface area contributed by atoms with Crippen LogP contribution >= 0.6 is 12.4 Å². The zero-order valence-corrected chi connectivity index (χ0v) is 9.91. The molecule has 0 radical (unpaired) electrons. The van der Waals surface area contributed by atoms with Crippen molar-refractivity contribution in [1.29, 1.82) is 0 Å². The van der Waals surface area contributed by atoms with Gasteiger partial charge in [0, 0.05) is 12.1 Å². The third kappa shape index (κ3) is 2.80. The van der Waals surface area contributed by atoms with Crippen LogP contribution in [0.5, 0.6) is 11.5 Å². The Morgan fingerprint density at radius 3 is 2.06 bits per heavy atom. The van der Waals surface area contributed by atoms with Gasteiger partial charge in [-0.05, 0) is 36.5 Å². The minimum Gasteiger partial charge on any atom is -0.508 e. The molecule has 2 rings (SSSR count). The van der Waals surface area contributed by atoms with Gasteiger partial charge in [-0.25, -0.2) is 0 Å². The van der Waals surface area contributed by atoms with E-state index in [-0.39, 0.29) is 29.9 Å². The predicted octanol–water partition coefficient (Wildman–Crippen LogP) is 2.71. The monoisotopic (exact) mass is 243 g/mol. The van der Waals surface area contributed by atoms with Crippen LogP contribution < -0.4 is 5.73 Å². The van der Waals surface area contributed by atoms with Gasteiger partial charge in [0.25, 0.3) is 0 Å². The van der Waals surface area contributed by atoms with Crippen molar-refractivity contribution in [1.82, 2.24) is 0 Å². The van der Waals surface area contributed by atoms with Crippen LogP contribution in [0.2, 0.25) is 0 Å². The Kier molecular flexibility index (Phi) is 4.44. The van der Waals surface area contributed by atoms with Crippen LogP contribution in [0.4, 0.5) is 0 Å². The van der Waals surface area contributed by atoms with E-state index in [1.165, 1.54) is 18.9 Å². The molecular weight excluding hydrogens is 226 g/mol. The molecule has 1 aliphatic rings. The molecule has 1 aliphatic carbocycles. The van der Waals surface area contributed by atoms with Crippen LogP contribution in [0.25, 0.3) is 0 Å². The molecule has 16 heavy (non-hydrogen) atoms. The first-order chi connectivity index (χ1) is 7.16. The third-order valence-corrected chi connectivity index (χ3v) is 3.22. The number of phenolic OH excluding ortho intramolecular Hbond substituents is 2. The molecule has 1 atom stereocenters. The quantitative estimate of drug-likeness (QED) is 0.748. The molecule has 0 bridgehead atoms. The Bertz CT molecular complexity index is 331. The van der Waals surface area contributed by atoms with Crippen molar-refractivity contribution in [3.63, 3.8) is 0 Å². The third-order valence-electron chi connectivity index (χ3n) is 3.22. The number of nitrogens with two attached hydrogens (primary N) is 1. The summed E-state index contributed by atoms with van der Waals surface area (Å²) in [6.07, 6.45) is 4.78. The summed E-state index contributed by atoms with van der Waals surface area (Å²) >= 11 is 0. The molecule has 0 unspecified atom stereocenters. The fraction of sp³-hybridized carbons (Fsp3) is 0.500. The highest BCUT2D eigenvalue weighted by Crippen LogP contribution is 2.36.